The minimum absolute atomic E-state index is 0.130. The van der Waals surface area contributed by atoms with Gasteiger partial charge >= 0.3 is 0 Å². The fraction of sp³-hybridized carbons (Fsp3) is 0.273. The number of amides is 1. The van der Waals surface area contributed by atoms with E-state index in [1.54, 1.807) is 35.2 Å². The van der Waals surface area contributed by atoms with Crippen molar-refractivity contribution in [1.82, 2.24) is 10.1 Å². The van der Waals surface area contributed by atoms with Crippen LogP contribution < -0.4 is 4.74 Å². The Kier molecular flexibility index (Phi) is 6.09. The summed E-state index contributed by atoms with van der Waals surface area (Å²) in [5.74, 6) is 0.870. The fourth-order valence-corrected chi connectivity index (χ4v) is 2.95. The summed E-state index contributed by atoms with van der Waals surface area (Å²) >= 11 is 0. The molecule has 0 aliphatic rings. The molecule has 3 aromatic rings. The summed E-state index contributed by atoms with van der Waals surface area (Å²) in [6, 6.07) is 13.3. The molecule has 0 atom stereocenters. The highest BCUT2D eigenvalue weighted by Crippen LogP contribution is 2.20. The first-order valence-corrected chi connectivity index (χ1v) is 9.16. The second-order valence-electron chi connectivity index (χ2n) is 6.57. The number of ether oxygens (including phenoxy) is 1. The zero-order chi connectivity index (χ0) is 20.1. The molecule has 0 aliphatic carbocycles. The van der Waals surface area contributed by atoms with Gasteiger partial charge in [-0.1, -0.05) is 23.4 Å². The lowest BCUT2D eigenvalue weighted by Gasteiger charge is -2.21. The molecule has 28 heavy (non-hydrogen) atoms. The van der Waals surface area contributed by atoms with Crippen LogP contribution in [-0.2, 0) is 13.2 Å². The maximum absolute atomic E-state index is 13.4. The van der Waals surface area contributed by atoms with E-state index in [2.05, 4.69) is 5.16 Å². The Morgan fingerprint density at radius 3 is 2.64 bits per heavy atom. The molecule has 0 saturated heterocycles. The third kappa shape index (κ3) is 4.57. The molecule has 0 fully saturated rings. The molecule has 5 nitrogen and oxygen atoms in total. The summed E-state index contributed by atoms with van der Waals surface area (Å²) in [5, 5.41) is 3.91. The molecule has 0 saturated carbocycles. The van der Waals surface area contributed by atoms with Gasteiger partial charge in [0.2, 0.25) is 0 Å². The molecular formula is C22H23FN2O3. The maximum Gasteiger partial charge on any atom is 0.254 e. The van der Waals surface area contributed by atoms with Crippen molar-refractivity contribution in [3.8, 4) is 5.75 Å². The summed E-state index contributed by atoms with van der Waals surface area (Å²) in [7, 11) is 0. The number of hydrogen-bond acceptors (Lipinski definition) is 4. The standard InChI is InChI=1S/C22H23FN2O3/c1-4-25(13-17-7-5-9-19(23)11-17)22(26)18-8-6-10-20(12-18)27-14-21-15(2)24-28-16(21)3/h5-12H,4,13-14H2,1-3H3. The van der Waals surface area contributed by atoms with Crippen molar-refractivity contribution in [2.75, 3.05) is 6.54 Å². The molecule has 0 aliphatic heterocycles. The third-order valence-corrected chi connectivity index (χ3v) is 4.58. The minimum atomic E-state index is -0.310. The van der Waals surface area contributed by atoms with Crippen LogP contribution in [0.4, 0.5) is 4.39 Å². The van der Waals surface area contributed by atoms with Crippen LogP contribution in [0.2, 0.25) is 0 Å². The van der Waals surface area contributed by atoms with Gasteiger partial charge in [-0.05, 0) is 56.7 Å². The van der Waals surface area contributed by atoms with E-state index in [0.717, 1.165) is 22.6 Å². The van der Waals surface area contributed by atoms with Gasteiger partial charge in [0.1, 0.15) is 23.9 Å². The van der Waals surface area contributed by atoms with Gasteiger partial charge in [0.15, 0.2) is 0 Å². The molecule has 1 heterocycles. The summed E-state index contributed by atoms with van der Waals surface area (Å²) < 4.78 is 24.4. The smallest absolute Gasteiger partial charge is 0.254 e. The second-order valence-corrected chi connectivity index (χ2v) is 6.57. The molecule has 2 aromatic carbocycles. The van der Waals surface area contributed by atoms with Crippen LogP contribution >= 0.6 is 0 Å². The van der Waals surface area contributed by atoms with Crippen molar-refractivity contribution < 1.29 is 18.4 Å². The van der Waals surface area contributed by atoms with Gasteiger partial charge in [-0.2, -0.15) is 0 Å². The Balaban J connectivity index is 1.71. The summed E-state index contributed by atoms with van der Waals surface area (Å²) in [5.41, 5.74) is 2.96. The molecule has 0 spiro atoms. The van der Waals surface area contributed by atoms with E-state index in [1.165, 1.54) is 12.1 Å². The highest BCUT2D eigenvalue weighted by molar-refractivity contribution is 5.94. The van der Waals surface area contributed by atoms with Crippen LogP contribution in [0.1, 0.15) is 39.9 Å². The molecule has 0 radical (unpaired) electrons. The first-order chi connectivity index (χ1) is 13.5. The maximum atomic E-state index is 13.4. The zero-order valence-electron chi connectivity index (χ0n) is 16.2. The number of aromatic nitrogens is 1. The van der Waals surface area contributed by atoms with Crippen molar-refractivity contribution in [3.63, 3.8) is 0 Å². The quantitative estimate of drug-likeness (QED) is 0.596. The van der Waals surface area contributed by atoms with E-state index in [9.17, 15) is 9.18 Å². The van der Waals surface area contributed by atoms with E-state index in [4.69, 9.17) is 9.26 Å². The number of carbonyl (C=O) groups excluding carboxylic acids is 1. The molecule has 0 unspecified atom stereocenters. The van der Waals surface area contributed by atoms with Crippen molar-refractivity contribution in [3.05, 3.63) is 82.5 Å². The van der Waals surface area contributed by atoms with Crippen LogP contribution in [0.25, 0.3) is 0 Å². The molecule has 6 heteroatoms. The predicted octanol–water partition coefficient (Wildman–Crippen LogP) is 4.67. The van der Waals surface area contributed by atoms with Gasteiger partial charge in [0.05, 0.1) is 11.3 Å². The van der Waals surface area contributed by atoms with Crippen molar-refractivity contribution in [1.29, 1.82) is 0 Å². The lowest BCUT2D eigenvalue weighted by Crippen LogP contribution is -2.30. The van der Waals surface area contributed by atoms with Gasteiger partial charge in [-0.15, -0.1) is 0 Å². The zero-order valence-corrected chi connectivity index (χ0v) is 16.2. The van der Waals surface area contributed by atoms with Gasteiger partial charge in [0, 0.05) is 18.7 Å². The summed E-state index contributed by atoms with van der Waals surface area (Å²) in [6.07, 6.45) is 0. The number of benzene rings is 2. The monoisotopic (exact) mass is 382 g/mol. The molecule has 1 aromatic heterocycles. The van der Waals surface area contributed by atoms with E-state index < -0.39 is 0 Å². The highest BCUT2D eigenvalue weighted by Gasteiger charge is 2.16. The normalized spacial score (nSPS) is 10.7. The average molecular weight is 382 g/mol. The number of rotatable bonds is 7. The number of carbonyl (C=O) groups is 1. The number of nitrogens with zero attached hydrogens (tertiary/aromatic N) is 2. The van der Waals surface area contributed by atoms with Crippen LogP contribution in [-0.4, -0.2) is 22.5 Å². The molecule has 0 N–H and O–H groups in total. The number of aryl methyl sites for hydroxylation is 2. The Bertz CT molecular complexity index is 948. The van der Waals surface area contributed by atoms with Crippen LogP contribution in [0.3, 0.4) is 0 Å². The van der Waals surface area contributed by atoms with E-state index in [0.29, 0.717) is 31.0 Å². The van der Waals surface area contributed by atoms with Crippen molar-refractivity contribution in [2.24, 2.45) is 0 Å². The third-order valence-electron chi connectivity index (χ3n) is 4.58. The van der Waals surface area contributed by atoms with Gasteiger partial charge < -0.3 is 14.2 Å². The van der Waals surface area contributed by atoms with E-state index >= 15 is 0 Å². The van der Waals surface area contributed by atoms with Gasteiger partial charge in [-0.3, -0.25) is 4.79 Å². The largest absolute Gasteiger partial charge is 0.489 e. The number of halogens is 1. The Morgan fingerprint density at radius 2 is 1.96 bits per heavy atom. The molecule has 0 bridgehead atoms. The topological polar surface area (TPSA) is 55.6 Å². The molecule has 1 amide bonds. The Morgan fingerprint density at radius 1 is 1.18 bits per heavy atom. The van der Waals surface area contributed by atoms with Crippen LogP contribution in [0.5, 0.6) is 5.75 Å². The van der Waals surface area contributed by atoms with Gasteiger partial charge in [-0.25, -0.2) is 4.39 Å². The first kappa shape index (κ1) is 19.6. The van der Waals surface area contributed by atoms with E-state index in [1.807, 2.05) is 26.8 Å². The minimum Gasteiger partial charge on any atom is -0.489 e. The Labute approximate surface area is 163 Å². The summed E-state index contributed by atoms with van der Waals surface area (Å²) in [6.45, 7) is 6.77. The first-order valence-electron chi connectivity index (χ1n) is 9.16. The van der Waals surface area contributed by atoms with Crippen LogP contribution in [0, 0.1) is 19.7 Å². The van der Waals surface area contributed by atoms with Crippen molar-refractivity contribution in [2.45, 2.75) is 33.9 Å². The SMILES string of the molecule is CCN(Cc1cccc(F)c1)C(=O)c1cccc(OCc2c(C)noc2C)c1. The molecule has 3 rings (SSSR count). The second kappa shape index (κ2) is 8.69. The average Bonchev–Trinajstić information content (AvgIpc) is 3.02. The van der Waals surface area contributed by atoms with Crippen LogP contribution in [0.15, 0.2) is 53.1 Å². The lowest BCUT2D eigenvalue weighted by molar-refractivity contribution is 0.0752. The van der Waals surface area contributed by atoms with E-state index in [-0.39, 0.29) is 11.7 Å². The summed E-state index contributed by atoms with van der Waals surface area (Å²) in [4.78, 5) is 14.6. The predicted molar refractivity (Wildman–Crippen MR) is 104 cm³/mol. The Hall–Kier alpha value is -3.15. The van der Waals surface area contributed by atoms with Crippen molar-refractivity contribution >= 4 is 5.91 Å². The molecule has 146 valence electrons. The van der Waals surface area contributed by atoms with Gasteiger partial charge in [0.25, 0.3) is 5.91 Å². The lowest BCUT2D eigenvalue weighted by atomic mass is 10.1. The number of hydrogen-bond donors (Lipinski definition) is 0. The fourth-order valence-electron chi connectivity index (χ4n) is 2.95. The highest BCUT2D eigenvalue weighted by atomic mass is 19.1. The molecular weight excluding hydrogens is 359 g/mol.